The number of fused-ring (bicyclic) bond motifs is 1. The van der Waals surface area contributed by atoms with Crippen molar-refractivity contribution in [3.8, 4) is 0 Å². The number of pyridine rings is 1. The monoisotopic (exact) mass is 343 g/mol. The van der Waals surface area contributed by atoms with E-state index < -0.39 is 0 Å². The summed E-state index contributed by atoms with van der Waals surface area (Å²) in [7, 11) is 0. The molecular weight excluding hydrogens is 318 g/mol. The van der Waals surface area contributed by atoms with Crippen LogP contribution in [-0.4, -0.2) is 55.9 Å². The third-order valence-electron chi connectivity index (χ3n) is 5.44. The van der Waals surface area contributed by atoms with E-state index in [0.29, 0.717) is 6.54 Å². The molecule has 1 aliphatic carbocycles. The first-order valence-electron chi connectivity index (χ1n) is 9.24. The maximum Gasteiger partial charge on any atom is 0.317 e. The van der Waals surface area contributed by atoms with Gasteiger partial charge in [0, 0.05) is 31.2 Å². The van der Waals surface area contributed by atoms with E-state index >= 15 is 0 Å². The Balaban J connectivity index is 1.41. The zero-order valence-corrected chi connectivity index (χ0v) is 14.3. The Labute approximate surface area is 147 Å². The van der Waals surface area contributed by atoms with Crippen molar-refractivity contribution in [1.82, 2.24) is 24.8 Å². The Morgan fingerprint density at radius 1 is 1.16 bits per heavy atom. The fraction of sp³-hybridized carbons (Fsp3) is 0.611. The number of aliphatic hydroxyl groups excluding tert-OH is 1. The largest absolute Gasteiger partial charge is 0.393 e. The van der Waals surface area contributed by atoms with Crippen LogP contribution in [0.15, 0.2) is 24.4 Å². The highest BCUT2D eigenvalue weighted by Crippen LogP contribution is 2.26. The van der Waals surface area contributed by atoms with Gasteiger partial charge >= 0.3 is 6.03 Å². The van der Waals surface area contributed by atoms with Crippen molar-refractivity contribution < 1.29 is 9.90 Å². The van der Waals surface area contributed by atoms with E-state index in [1.165, 1.54) is 0 Å². The Morgan fingerprint density at radius 3 is 2.84 bits per heavy atom. The van der Waals surface area contributed by atoms with Crippen LogP contribution < -0.4 is 5.32 Å². The lowest BCUT2D eigenvalue weighted by Gasteiger charge is -2.34. The van der Waals surface area contributed by atoms with E-state index in [0.717, 1.165) is 56.5 Å². The van der Waals surface area contributed by atoms with Crippen molar-refractivity contribution in [3.63, 3.8) is 0 Å². The van der Waals surface area contributed by atoms with Crippen LogP contribution >= 0.6 is 0 Å². The van der Waals surface area contributed by atoms with Crippen molar-refractivity contribution in [2.45, 2.75) is 56.6 Å². The summed E-state index contributed by atoms with van der Waals surface area (Å²) in [4.78, 5) is 14.5. The van der Waals surface area contributed by atoms with E-state index in [9.17, 15) is 9.90 Å². The summed E-state index contributed by atoms with van der Waals surface area (Å²) in [5, 5.41) is 21.3. The number of nitrogens with one attached hydrogen (secondary N) is 1. The van der Waals surface area contributed by atoms with Gasteiger partial charge in [0.1, 0.15) is 5.82 Å². The first kappa shape index (κ1) is 16.3. The molecule has 2 N–H and O–H groups in total. The van der Waals surface area contributed by atoms with Gasteiger partial charge in [-0.25, -0.2) is 4.79 Å². The lowest BCUT2D eigenvalue weighted by molar-refractivity contribution is 0.114. The Hall–Kier alpha value is -2.15. The molecule has 0 spiro atoms. The molecule has 2 aromatic heterocycles. The van der Waals surface area contributed by atoms with Crippen LogP contribution in [0.5, 0.6) is 0 Å². The minimum atomic E-state index is -0.200. The van der Waals surface area contributed by atoms with Gasteiger partial charge in [0.2, 0.25) is 0 Å². The van der Waals surface area contributed by atoms with Crippen molar-refractivity contribution in [2.24, 2.45) is 0 Å². The fourth-order valence-electron chi connectivity index (χ4n) is 4.00. The molecule has 4 rings (SSSR count). The van der Waals surface area contributed by atoms with Gasteiger partial charge in [-0.15, -0.1) is 10.2 Å². The average Bonchev–Trinajstić information content (AvgIpc) is 3.08. The van der Waals surface area contributed by atoms with Gasteiger partial charge in [-0.3, -0.25) is 4.40 Å². The number of carbonyl (C=O) groups is 1. The number of hydrogen-bond donors (Lipinski definition) is 2. The molecule has 7 heteroatoms. The number of rotatable bonds is 2. The molecule has 2 amide bonds. The Kier molecular flexibility index (Phi) is 4.57. The van der Waals surface area contributed by atoms with Crippen LogP contribution in [-0.2, 0) is 0 Å². The van der Waals surface area contributed by atoms with Gasteiger partial charge < -0.3 is 15.3 Å². The molecule has 1 atom stereocenters. The number of piperidine rings is 1. The molecule has 7 nitrogen and oxygen atoms in total. The molecule has 1 unspecified atom stereocenters. The van der Waals surface area contributed by atoms with E-state index in [2.05, 4.69) is 15.5 Å². The van der Waals surface area contributed by atoms with Gasteiger partial charge in [0.05, 0.1) is 6.10 Å². The van der Waals surface area contributed by atoms with Crippen molar-refractivity contribution in [3.05, 3.63) is 30.2 Å². The summed E-state index contributed by atoms with van der Waals surface area (Å²) in [6.45, 7) is 1.46. The maximum absolute atomic E-state index is 12.6. The maximum atomic E-state index is 12.6. The molecule has 3 heterocycles. The zero-order valence-electron chi connectivity index (χ0n) is 14.3. The summed E-state index contributed by atoms with van der Waals surface area (Å²) < 4.78 is 2.02. The standard InChI is InChI=1S/C18H25N5O2/c24-15-8-6-14(7-9-15)19-18(25)22-10-3-4-13(12-22)17-21-20-16-5-1-2-11-23(16)17/h1-2,5,11,13-15,24H,3-4,6-10,12H2,(H,19,25). The van der Waals surface area contributed by atoms with Crippen LogP contribution in [0.1, 0.15) is 50.3 Å². The van der Waals surface area contributed by atoms with Crippen LogP contribution in [0.3, 0.4) is 0 Å². The molecule has 25 heavy (non-hydrogen) atoms. The average molecular weight is 343 g/mol. The van der Waals surface area contributed by atoms with Gasteiger partial charge in [0.25, 0.3) is 0 Å². The van der Waals surface area contributed by atoms with Crippen molar-refractivity contribution in [2.75, 3.05) is 13.1 Å². The van der Waals surface area contributed by atoms with Crippen molar-refractivity contribution in [1.29, 1.82) is 0 Å². The first-order chi connectivity index (χ1) is 12.2. The highest BCUT2D eigenvalue weighted by atomic mass is 16.3. The second-order valence-electron chi connectivity index (χ2n) is 7.23. The minimum absolute atomic E-state index is 0.0138. The van der Waals surface area contributed by atoms with Crippen LogP contribution in [0, 0.1) is 0 Å². The molecule has 1 saturated carbocycles. The van der Waals surface area contributed by atoms with E-state index in [4.69, 9.17) is 0 Å². The number of aliphatic hydroxyl groups is 1. The summed E-state index contributed by atoms with van der Waals surface area (Å²) in [6.07, 6.45) is 7.06. The molecule has 0 radical (unpaired) electrons. The number of carbonyl (C=O) groups excluding carboxylic acids is 1. The van der Waals surface area contributed by atoms with Gasteiger partial charge in [-0.2, -0.15) is 0 Å². The number of amides is 2. The lowest BCUT2D eigenvalue weighted by Crippen LogP contribution is -2.49. The minimum Gasteiger partial charge on any atom is -0.393 e. The molecule has 0 aromatic carbocycles. The molecular formula is C18H25N5O2. The zero-order chi connectivity index (χ0) is 17.2. The van der Waals surface area contributed by atoms with Crippen LogP contribution in [0.2, 0.25) is 0 Å². The van der Waals surface area contributed by atoms with E-state index in [-0.39, 0.29) is 24.1 Å². The Morgan fingerprint density at radius 2 is 2.00 bits per heavy atom. The SMILES string of the molecule is O=C(NC1CCC(O)CC1)N1CCCC(c2nnc3ccccn23)C1. The van der Waals surface area contributed by atoms with E-state index in [1.807, 2.05) is 33.7 Å². The fourth-order valence-corrected chi connectivity index (χ4v) is 4.00. The summed E-state index contributed by atoms with van der Waals surface area (Å²) in [6, 6.07) is 6.08. The number of nitrogens with zero attached hydrogens (tertiary/aromatic N) is 4. The molecule has 1 aliphatic heterocycles. The second kappa shape index (κ2) is 7.00. The topological polar surface area (TPSA) is 82.8 Å². The number of aromatic nitrogens is 3. The third kappa shape index (κ3) is 3.46. The molecule has 0 bridgehead atoms. The molecule has 2 fully saturated rings. The molecule has 134 valence electrons. The quantitative estimate of drug-likeness (QED) is 0.873. The normalized spacial score (nSPS) is 27.4. The highest BCUT2D eigenvalue weighted by Gasteiger charge is 2.29. The molecule has 2 aliphatic rings. The Bertz CT molecular complexity index is 738. The smallest absolute Gasteiger partial charge is 0.317 e. The van der Waals surface area contributed by atoms with Crippen LogP contribution in [0.4, 0.5) is 4.79 Å². The summed E-state index contributed by atoms with van der Waals surface area (Å²) in [5.74, 6) is 1.15. The number of likely N-dealkylation sites (tertiary alicyclic amines) is 1. The first-order valence-corrected chi connectivity index (χ1v) is 9.24. The van der Waals surface area contributed by atoms with Crippen molar-refractivity contribution >= 4 is 11.7 Å². The third-order valence-corrected chi connectivity index (χ3v) is 5.44. The predicted molar refractivity (Wildman–Crippen MR) is 93.3 cm³/mol. The number of hydrogen-bond acceptors (Lipinski definition) is 4. The molecule has 2 aromatic rings. The van der Waals surface area contributed by atoms with Gasteiger partial charge in [-0.1, -0.05) is 6.07 Å². The highest BCUT2D eigenvalue weighted by molar-refractivity contribution is 5.74. The lowest BCUT2D eigenvalue weighted by atomic mass is 9.93. The second-order valence-corrected chi connectivity index (χ2v) is 7.23. The number of urea groups is 1. The van der Waals surface area contributed by atoms with Crippen LogP contribution in [0.25, 0.3) is 5.65 Å². The summed E-state index contributed by atoms with van der Waals surface area (Å²) in [5.41, 5.74) is 0.847. The van der Waals surface area contributed by atoms with Gasteiger partial charge in [0.15, 0.2) is 5.65 Å². The summed E-state index contributed by atoms with van der Waals surface area (Å²) >= 11 is 0. The molecule has 1 saturated heterocycles. The van der Waals surface area contributed by atoms with Gasteiger partial charge in [-0.05, 0) is 50.7 Å². The van der Waals surface area contributed by atoms with E-state index in [1.54, 1.807) is 0 Å². The predicted octanol–water partition coefficient (Wildman–Crippen LogP) is 1.92.